The summed E-state index contributed by atoms with van der Waals surface area (Å²) >= 11 is 0. The molecule has 0 saturated carbocycles. The van der Waals surface area contributed by atoms with Crippen LogP contribution in [0.3, 0.4) is 0 Å². The average Bonchev–Trinajstić information content (AvgIpc) is 3.17. The van der Waals surface area contributed by atoms with Crippen molar-refractivity contribution in [1.82, 2.24) is 20.3 Å². The van der Waals surface area contributed by atoms with Crippen LogP contribution in [0, 0.1) is 0 Å². The molecule has 0 radical (unpaired) electrons. The summed E-state index contributed by atoms with van der Waals surface area (Å²) in [5.41, 5.74) is 3.70. The Kier molecular flexibility index (Phi) is 4.90. The van der Waals surface area contributed by atoms with E-state index >= 15 is 0 Å². The van der Waals surface area contributed by atoms with Gasteiger partial charge in [0.15, 0.2) is 0 Å². The first kappa shape index (κ1) is 18.2. The van der Waals surface area contributed by atoms with Crippen molar-refractivity contribution in [3.63, 3.8) is 0 Å². The van der Waals surface area contributed by atoms with Gasteiger partial charge in [0.2, 0.25) is 0 Å². The molecule has 0 bridgehead atoms. The smallest absolute Gasteiger partial charge is 0.322 e. The van der Waals surface area contributed by atoms with E-state index in [9.17, 15) is 9.59 Å². The first-order valence-corrected chi connectivity index (χ1v) is 8.86. The number of hydrogen-bond donors (Lipinski definition) is 4. The quantitative estimate of drug-likeness (QED) is 0.403. The second-order valence-electron chi connectivity index (χ2n) is 6.34. The van der Waals surface area contributed by atoms with Gasteiger partial charge in [0.1, 0.15) is 18.1 Å². The lowest BCUT2D eigenvalue weighted by atomic mass is 10.2. The van der Waals surface area contributed by atoms with Crippen molar-refractivity contribution >= 4 is 34.3 Å². The second kappa shape index (κ2) is 7.81. The molecule has 0 aliphatic carbocycles. The summed E-state index contributed by atoms with van der Waals surface area (Å²) in [7, 11) is 0. The van der Waals surface area contributed by atoms with Crippen LogP contribution < -0.4 is 10.6 Å². The molecule has 8 heteroatoms. The topological polar surface area (TPSA) is 120 Å². The highest BCUT2D eigenvalue weighted by Gasteiger charge is 2.08. The Bertz CT molecular complexity index is 1150. The Morgan fingerprint density at radius 1 is 1.03 bits per heavy atom. The molecule has 0 fully saturated rings. The normalized spacial score (nSPS) is 10.6. The van der Waals surface area contributed by atoms with Crippen molar-refractivity contribution < 1.29 is 14.7 Å². The molecule has 1 amide bonds. The molecule has 0 saturated heterocycles. The summed E-state index contributed by atoms with van der Waals surface area (Å²) in [5, 5.41) is 15.2. The zero-order chi connectivity index (χ0) is 20.2. The highest BCUT2D eigenvalue weighted by molar-refractivity contribution is 5.96. The third-order valence-corrected chi connectivity index (χ3v) is 4.26. The van der Waals surface area contributed by atoms with Crippen molar-refractivity contribution in [2.45, 2.75) is 0 Å². The Balaban J connectivity index is 1.49. The number of carboxylic acids is 1. The second-order valence-corrected chi connectivity index (χ2v) is 6.34. The van der Waals surface area contributed by atoms with Gasteiger partial charge in [0, 0.05) is 22.2 Å². The number of H-pyrrole nitrogens is 1. The number of carbonyl (C=O) groups excluding carboxylic acids is 1. The van der Waals surface area contributed by atoms with Crippen molar-refractivity contribution in [3.8, 4) is 11.4 Å². The van der Waals surface area contributed by atoms with Gasteiger partial charge < -0.3 is 20.7 Å². The summed E-state index contributed by atoms with van der Waals surface area (Å²) in [5.74, 6) is -0.978. The molecule has 0 aliphatic heterocycles. The van der Waals surface area contributed by atoms with Crippen LogP contribution in [0.25, 0.3) is 22.3 Å². The molecule has 0 aliphatic rings. The molecule has 8 nitrogen and oxygen atoms in total. The lowest BCUT2D eigenvalue weighted by molar-refractivity contribution is -0.135. The maximum Gasteiger partial charge on any atom is 0.322 e. The molecule has 4 N–H and O–H groups in total. The summed E-state index contributed by atoms with van der Waals surface area (Å²) in [6.07, 6.45) is 3.30. The van der Waals surface area contributed by atoms with Gasteiger partial charge in [-0.05, 0) is 36.4 Å². The molecule has 0 spiro atoms. The molecule has 29 heavy (non-hydrogen) atoms. The number of aromatic amines is 1. The first-order valence-electron chi connectivity index (χ1n) is 8.86. The van der Waals surface area contributed by atoms with E-state index in [2.05, 4.69) is 25.6 Å². The van der Waals surface area contributed by atoms with Crippen molar-refractivity contribution in [3.05, 3.63) is 72.6 Å². The van der Waals surface area contributed by atoms with Gasteiger partial charge in [-0.2, -0.15) is 0 Å². The Morgan fingerprint density at radius 2 is 1.83 bits per heavy atom. The lowest BCUT2D eigenvalue weighted by Gasteiger charge is -2.08. The molecule has 4 rings (SSSR count). The number of hydrogen-bond acceptors (Lipinski definition) is 5. The van der Waals surface area contributed by atoms with Crippen LogP contribution >= 0.6 is 0 Å². The van der Waals surface area contributed by atoms with Crippen LogP contribution in [-0.2, 0) is 4.79 Å². The van der Waals surface area contributed by atoms with Crippen LogP contribution in [0.5, 0.6) is 0 Å². The molecule has 4 aromatic rings. The molecular weight excluding hydrogens is 370 g/mol. The molecule has 2 heterocycles. The van der Waals surface area contributed by atoms with Gasteiger partial charge in [-0.15, -0.1) is 0 Å². The molecule has 0 atom stereocenters. The zero-order valence-electron chi connectivity index (χ0n) is 15.2. The third kappa shape index (κ3) is 4.22. The molecule has 144 valence electrons. The van der Waals surface area contributed by atoms with Crippen LogP contribution in [0.1, 0.15) is 10.4 Å². The number of aromatic nitrogens is 3. The number of nitrogens with one attached hydrogen (secondary N) is 3. The van der Waals surface area contributed by atoms with E-state index in [4.69, 9.17) is 5.11 Å². The van der Waals surface area contributed by atoms with Gasteiger partial charge in [-0.1, -0.05) is 18.2 Å². The Hall–Kier alpha value is -4.20. The van der Waals surface area contributed by atoms with Gasteiger partial charge in [-0.3, -0.25) is 14.6 Å². The molecular formula is C21H17N5O3. The lowest BCUT2D eigenvalue weighted by Crippen LogP contribution is -2.29. The first-order chi connectivity index (χ1) is 14.1. The number of nitrogens with zero attached hydrogens (tertiary/aromatic N) is 2. The predicted octanol–water partition coefficient (Wildman–Crippen LogP) is 3.18. The fourth-order valence-electron chi connectivity index (χ4n) is 2.88. The van der Waals surface area contributed by atoms with Gasteiger partial charge in [-0.25, -0.2) is 4.98 Å². The number of fused-ring (bicyclic) bond motifs is 1. The van der Waals surface area contributed by atoms with E-state index in [0.29, 0.717) is 17.1 Å². The van der Waals surface area contributed by atoms with E-state index in [1.165, 1.54) is 0 Å². The average molecular weight is 387 g/mol. The van der Waals surface area contributed by atoms with E-state index in [0.717, 1.165) is 22.3 Å². The monoisotopic (exact) mass is 387 g/mol. The number of carboxylic acid groups (broad SMARTS) is 1. The number of amides is 1. The van der Waals surface area contributed by atoms with Gasteiger partial charge in [0.05, 0.1) is 18.1 Å². The Morgan fingerprint density at radius 3 is 2.59 bits per heavy atom. The highest BCUT2D eigenvalue weighted by Crippen LogP contribution is 2.23. The number of rotatable bonds is 6. The summed E-state index contributed by atoms with van der Waals surface area (Å²) in [6, 6.07) is 16.6. The minimum absolute atomic E-state index is 0.370. The molecule has 2 aromatic heterocycles. The summed E-state index contributed by atoms with van der Waals surface area (Å²) < 4.78 is 0. The van der Waals surface area contributed by atoms with E-state index in [1.54, 1.807) is 36.7 Å². The van der Waals surface area contributed by atoms with Gasteiger partial charge >= 0.3 is 5.97 Å². The number of anilines is 2. The highest BCUT2D eigenvalue weighted by atomic mass is 16.4. The fraction of sp³-hybridized carbons (Fsp3) is 0.0476. The largest absolute Gasteiger partial charge is 0.480 e. The number of aliphatic carboxylic acids is 1. The van der Waals surface area contributed by atoms with Crippen LogP contribution in [0.4, 0.5) is 11.5 Å². The minimum atomic E-state index is -1.09. The van der Waals surface area contributed by atoms with E-state index in [1.807, 2.05) is 30.3 Å². The predicted molar refractivity (Wildman–Crippen MR) is 109 cm³/mol. The SMILES string of the molecule is O=C(O)CNC(=O)c1ccc(Nc2cncc(-c3cc4ccccc4[nH]3)n2)cc1. The van der Waals surface area contributed by atoms with Gasteiger partial charge in [0.25, 0.3) is 5.91 Å². The van der Waals surface area contributed by atoms with Crippen LogP contribution in [-0.4, -0.2) is 38.5 Å². The maximum absolute atomic E-state index is 11.9. The molecule has 0 unspecified atom stereocenters. The van der Waals surface area contributed by atoms with E-state index < -0.39 is 18.4 Å². The Labute approximate surface area is 165 Å². The number of carbonyl (C=O) groups is 2. The standard InChI is InChI=1S/C21H17N5O3/c27-20(28)12-23-21(29)13-5-7-15(8-6-13)24-19-11-22-10-18(26-19)17-9-14-3-1-2-4-16(14)25-17/h1-11,25H,12H2,(H,23,29)(H,24,26)(H,27,28). The zero-order valence-corrected chi connectivity index (χ0v) is 15.2. The minimum Gasteiger partial charge on any atom is -0.480 e. The third-order valence-electron chi connectivity index (χ3n) is 4.26. The van der Waals surface area contributed by atoms with Crippen molar-refractivity contribution in [2.24, 2.45) is 0 Å². The fourth-order valence-corrected chi connectivity index (χ4v) is 2.88. The van der Waals surface area contributed by atoms with Crippen molar-refractivity contribution in [2.75, 3.05) is 11.9 Å². The number of para-hydroxylation sites is 1. The van der Waals surface area contributed by atoms with Crippen molar-refractivity contribution in [1.29, 1.82) is 0 Å². The summed E-state index contributed by atoms with van der Waals surface area (Å²) in [4.78, 5) is 34.6. The van der Waals surface area contributed by atoms with E-state index in [-0.39, 0.29) is 0 Å². The van der Waals surface area contributed by atoms with Crippen LogP contribution in [0.15, 0.2) is 67.0 Å². The molecule has 2 aromatic carbocycles. The summed E-state index contributed by atoms with van der Waals surface area (Å²) in [6.45, 7) is -0.422. The maximum atomic E-state index is 11.9. The number of benzene rings is 2. The van der Waals surface area contributed by atoms with Crippen LogP contribution in [0.2, 0.25) is 0 Å².